The summed E-state index contributed by atoms with van der Waals surface area (Å²) in [5.41, 5.74) is -0.0795. The van der Waals surface area contributed by atoms with E-state index in [2.05, 4.69) is 9.71 Å². The molecule has 1 rings (SSSR count). The van der Waals surface area contributed by atoms with Crippen LogP contribution in [0.2, 0.25) is 0 Å². The van der Waals surface area contributed by atoms with Crippen LogP contribution in [-0.2, 0) is 10.0 Å². The lowest BCUT2D eigenvalue weighted by Gasteiger charge is -2.11. The summed E-state index contributed by atoms with van der Waals surface area (Å²) in [6.45, 7) is 4.30. The van der Waals surface area contributed by atoms with Crippen molar-refractivity contribution in [1.29, 1.82) is 5.26 Å². The molecule has 1 aromatic rings. The fourth-order valence-corrected chi connectivity index (χ4v) is 2.44. The van der Waals surface area contributed by atoms with Crippen molar-refractivity contribution in [2.45, 2.75) is 25.2 Å². The van der Waals surface area contributed by atoms with Crippen LogP contribution in [0.3, 0.4) is 0 Å². The first-order chi connectivity index (χ1) is 8.01. The van der Waals surface area contributed by atoms with Crippen LogP contribution in [0.25, 0.3) is 0 Å². The first-order valence-corrected chi connectivity index (χ1v) is 6.84. The van der Waals surface area contributed by atoms with Crippen LogP contribution >= 0.6 is 0 Å². The quantitative estimate of drug-likeness (QED) is 0.856. The third-order valence-corrected chi connectivity index (χ3v) is 3.94. The summed E-state index contributed by atoms with van der Waals surface area (Å²) in [6, 6.07) is 4.65. The number of nitriles is 1. The van der Waals surface area contributed by atoms with E-state index in [0.29, 0.717) is 6.54 Å². The topological polar surface area (TPSA) is 82.8 Å². The van der Waals surface area contributed by atoms with Gasteiger partial charge >= 0.3 is 0 Å². The van der Waals surface area contributed by atoms with Gasteiger partial charge in [0.05, 0.1) is 0 Å². The Morgan fingerprint density at radius 1 is 1.59 bits per heavy atom. The first kappa shape index (κ1) is 13.6. The molecule has 1 atom stereocenters. The highest BCUT2D eigenvalue weighted by molar-refractivity contribution is 7.89. The fourth-order valence-electron chi connectivity index (χ4n) is 1.17. The fraction of sp³-hybridized carbons (Fsp3) is 0.455. The van der Waals surface area contributed by atoms with E-state index >= 15 is 0 Å². The Kier molecular flexibility index (Phi) is 4.61. The zero-order valence-electron chi connectivity index (χ0n) is 9.84. The largest absolute Gasteiger partial charge is 0.244 e. The van der Waals surface area contributed by atoms with Gasteiger partial charge in [-0.1, -0.05) is 20.3 Å². The molecular weight excluding hydrogens is 238 g/mol. The predicted octanol–water partition coefficient (Wildman–Crippen LogP) is 1.28. The van der Waals surface area contributed by atoms with E-state index in [1.54, 1.807) is 6.07 Å². The molecule has 0 spiro atoms. The Morgan fingerprint density at radius 3 is 2.88 bits per heavy atom. The Morgan fingerprint density at radius 2 is 2.29 bits per heavy atom. The molecule has 0 amide bonds. The van der Waals surface area contributed by atoms with E-state index in [9.17, 15) is 8.42 Å². The number of nitrogens with zero attached hydrogens (tertiary/aromatic N) is 2. The van der Waals surface area contributed by atoms with Crippen molar-refractivity contribution in [2.75, 3.05) is 6.54 Å². The molecule has 17 heavy (non-hydrogen) atoms. The smallest absolute Gasteiger partial charge is 0.243 e. The van der Waals surface area contributed by atoms with Crippen LogP contribution in [-0.4, -0.2) is 19.9 Å². The molecule has 92 valence electrons. The first-order valence-electron chi connectivity index (χ1n) is 5.36. The van der Waals surface area contributed by atoms with Crippen molar-refractivity contribution in [1.82, 2.24) is 9.71 Å². The molecule has 6 heteroatoms. The maximum Gasteiger partial charge on any atom is 0.243 e. The van der Waals surface area contributed by atoms with Gasteiger partial charge in [0.1, 0.15) is 11.0 Å². The summed E-state index contributed by atoms with van der Waals surface area (Å²) in [6.07, 6.45) is 2.28. The molecule has 0 aliphatic rings. The van der Waals surface area contributed by atoms with Crippen LogP contribution < -0.4 is 4.72 Å². The molecular formula is C11H15N3O2S. The number of sulfonamides is 1. The van der Waals surface area contributed by atoms with Gasteiger partial charge in [-0.05, 0) is 18.1 Å². The molecule has 0 fully saturated rings. The second kappa shape index (κ2) is 5.75. The molecule has 0 aliphatic carbocycles. The molecule has 0 bridgehead atoms. The number of hydrogen-bond donors (Lipinski definition) is 1. The van der Waals surface area contributed by atoms with Crippen LogP contribution in [0.15, 0.2) is 23.2 Å². The minimum absolute atomic E-state index is 0.0641. The maximum absolute atomic E-state index is 11.9. The van der Waals surface area contributed by atoms with E-state index in [-0.39, 0.29) is 16.5 Å². The zero-order chi connectivity index (χ0) is 12.9. The SMILES string of the molecule is CCC(C)CNS(=O)(=O)c1cccnc1C#N. The second-order valence-corrected chi connectivity index (χ2v) is 5.56. The molecule has 1 unspecified atom stereocenters. The predicted molar refractivity (Wildman–Crippen MR) is 63.6 cm³/mol. The number of pyridine rings is 1. The van der Waals surface area contributed by atoms with Crippen LogP contribution in [0, 0.1) is 17.2 Å². The third-order valence-electron chi connectivity index (χ3n) is 2.48. The van der Waals surface area contributed by atoms with Gasteiger partial charge in [-0.25, -0.2) is 18.1 Å². The van der Waals surface area contributed by atoms with Crippen molar-refractivity contribution < 1.29 is 8.42 Å². The Hall–Kier alpha value is -1.45. The highest BCUT2D eigenvalue weighted by atomic mass is 32.2. The van der Waals surface area contributed by atoms with E-state index in [0.717, 1.165) is 6.42 Å². The maximum atomic E-state index is 11.9. The average Bonchev–Trinajstić information content (AvgIpc) is 2.35. The molecule has 0 saturated carbocycles. The summed E-state index contributed by atoms with van der Waals surface area (Å²) < 4.78 is 26.3. The number of nitrogens with one attached hydrogen (secondary N) is 1. The van der Waals surface area contributed by atoms with Crippen LogP contribution in [0.1, 0.15) is 26.0 Å². The lowest BCUT2D eigenvalue weighted by molar-refractivity contribution is 0.528. The Labute approximate surface area is 102 Å². The lowest BCUT2D eigenvalue weighted by atomic mass is 10.1. The molecule has 1 N–H and O–H groups in total. The van der Waals surface area contributed by atoms with Gasteiger partial charge in [-0.15, -0.1) is 0 Å². The van der Waals surface area contributed by atoms with E-state index in [4.69, 9.17) is 5.26 Å². The van der Waals surface area contributed by atoms with Crippen molar-refractivity contribution in [3.05, 3.63) is 24.0 Å². The van der Waals surface area contributed by atoms with E-state index in [1.165, 1.54) is 18.3 Å². The van der Waals surface area contributed by atoms with E-state index < -0.39 is 10.0 Å². The van der Waals surface area contributed by atoms with Crippen molar-refractivity contribution in [3.8, 4) is 6.07 Å². The molecule has 0 aliphatic heterocycles. The standard InChI is InChI=1S/C11H15N3O2S/c1-3-9(2)8-14-17(15,16)11-5-4-6-13-10(11)7-12/h4-6,9,14H,3,8H2,1-2H3. The minimum atomic E-state index is -3.64. The summed E-state index contributed by atoms with van der Waals surface area (Å²) in [5, 5.41) is 8.80. The second-order valence-electron chi connectivity index (χ2n) is 3.83. The Balaban J connectivity index is 2.95. The van der Waals surface area contributed by atoms with E-state index in [1.807, 2.05) is 13.8 Å². The van der Waals surface area contributed by atoms with Crippen LogP contribution in [0.5, 0.6) is 0 Å². The van der Waals surface area contributed by atoms with Crippen molar-refractivity contribution in [2.24, 2.45) is 5.92 Å². The van der Waals surface area contributed by atoms with Crippen LogP contribution in [0.4, 0.5) is 0 Å². The van der Waals surface area contributed by atoms with Gasteiger partial charge in [-0.2, -0.15) is 5.26 Å². The van der Waals surface area contributed by atoms with Gasteiger partial charge in [0.25, 0.3) is 0 Å². The van der Waals surface area contributed by atoms with Gasteiger partial charge in [0.15, 0.2) is 5.69 Å². The molecule has 0 saturated heterocycles. The van der Waals surface area contributed by atoms with Crippen molar-refractivity contribution >= 4 is 10.0 Å². The molecule has 1 heterocycles. The van der Waals surface area contributed by atoms with Gasteiger partial charge in [0.2, 0.25) is 10.0 Å². The highest BCUT2D eigenvalue weighted by Gasteiger charge is 2.19. The molecule has 0 radical (unpaired) electrons. The summed E-state index contributed by atoms with van der Waals surface area (Å²) in [5.74, 6) is 0.256. The number of hydrogen-bond acceptors (Lipinski definition) is 4. The lowest BCUT2D eigenvalue weighted by Crippen LogP contribution is -2.29. The summed E-state index contributed by atoms with van der Waals surface area (Å²) in [7, 11) is -3.64. The normalized spacial score (nSPS) is 13.0. The van der Waals surface area contributed by atoms with Gasteiger partial charge in [0, 0.05) is 12.7 Å². The van der Waals surface area contributed by atoms with Gasteiger partial charge in [-0.3, -0.25) is 0 Å². The molecule has 0 aromatic carbocycles. The molecule has 1 aromatic heterocycles. The summed E-state index contributed by atoms with van der Waals surface area (Å²) >= 11 is 0. The zero-order valence-corrected chi connectivity index (χ0v) is 10.7. The average molecular weight is 253 g/mol. The highest BCUT2D eigenvalue weighted by Crippen LogP contribution is 2.12. The molecule has 5 nitrogen and oxygen atoms in total. The third kappa shape index (κ3) is 3.51. The number of rotatable bonds is 5. The minimum Gasteiger partial charge on any atom is -0.244 e. The van der Waals surface area contributed by atoms with Gasteiger partial charge < -0.3 is 0 Å². The number of aromatic nitrogens is 1. The Bertz CT molecular complexity index is 520. The summed E-state index contributed by atoms with van der Waals surface area (Å²) in [4.78, 5) is 3.67. The van der Waals surface area contributed by atoms with Crippen molar-refractivity contribution in [3.63, 3.8) is 0 Å². The monoisotopic (exact) mass is 253 g/mol.